The lowest BCUT2D eigenvalue weighted by Gasteiger charge is -2.34. The Morgan fingerprint density at radius 1 is 0.517 bits per heavy atom. The number of hydrogen-bond donors (Lipinski definition) is 0. The van der Waals surface area contributed by atoms with E-state index < -0.39 is 0 Å². The molecule has 13 aromatic rings. The van der Waals surface area contributed by atoms with E-state index in [1.807, 2.05) is 0 Å². The Labute approximate surface area is 345 Å². The monoisotopic (exact) mass is 770 g/mol. The van der Waals surface area contributed by atoms with E-state index in [2.05, 4.69) is 131 Å². The second-order valence-electron chi connectivity index (χ2n) is 18.3. The molecule has 2 aliphatic carbocycles. The second-order valence-corrected chi connectivity index (χ2v) is 18.3. The van der Waals surface area contributed by atoms with E-state index in [1.165, 1.54) is 49.1 Å². The molecule has 0 radical (unpaired) electrons. The number of ether oxygens (including phenoxy) is 2. The van der Waals surface area contributed by atoms with Gasteiger partial charge in [-0.3, -0.25) is 4.90 Å². The summed E-state index contributed by atoms with van der Waals surface area (Å²) in [6.07, 6.45) is 1.03. The fourth-order valence-corrected chi connectivity index (χ4v) is 13.8. The molecule has 3 atom stereocenters. The summed E-state index contributed by atoms with van der Waals surface area (Å²) in [7, 11) is 1.75. The molecule has 4 nitrogen and oxygen atoms in total. The van der Waals surface area contributed by atoms with Gasteiger partial charge in [0.1, 0.15) is 0 Å². The molecule has 284 valence electrons. The van der Waals surface area contributed by atoms with Gasteiger partial charge in [-0.05, 0) is 180 Å². The molecule has 1 fully saturated rings. The number of anilines is 3. The number of hydrogen-bond acceptors (Lipinski definition) is 4. The number of methoxy groups -OCH3 is 1. The molecule has 0 bridgehead atoms. The average Bonchev–Trinajstić information content (AvgIpc) is 4.04. The molecule has 1 aliphatic heterocycles. The maximum absolute atomic E-state index is 6.24. The summed E-state index contributed by atoms with van der Waals surface area (Å²) < 4.78 is 11.6. The Bertz CT molecular complexity index is 3760. The Kier molecular flexibility index (Phi) is 5.64. The number of nitrogens with zero attached hydrogens (tertiary/aromatic N) is 2. The van der Waals surface area contributed by atoms with E-state index in [4.69, 9.17) is 9.47 Å². The third-order valence-corrected chi connectivity index (χ3v) is 15.8. The molecule has 0 N–H and O–H groups in total. The zero-order valence-corrected chi connectivity index (χ0v) is 33.2. The molecule has 13 aromatic carbocycles. The number of para-hydroxylation sites is 2. The van der Waals surface area contributed by atoms with E-state index in [0.29, 0.717) is 31.7 Å². The summed E-state index contributed by atoms with van der Waals surface area (Å²) in [5, 5.41) is 27.6. The van der Waals surface area contributed by atoms with Crippen molar-refractivity contribution in [2.75, 3.05) is 44.9 Å². The van der Waals surface area contributed by atoms with Crippen LogP contribution in [0, 0.1) is 0 Å². The van der Waals surface area contributed by atoms with Crippen LogP contribution in [0.15, 0.2) is 121 Å². The summed E-state index contributed by atoms with van der Waals surface area (Å²) in [4.78, 5) is 5.15. The van der Waals surface area contributed by atoms with E-state index in [1.54, 1.807) is 88.4 Å². The Morgan fingerprint density at radius 3 is 1.82 bits per heavy atom. The van der Waals surface area contributed by atoms with Gasteiger partial charge >= 0.3 is 0 Å². The number of fused-ring (bicyclic) bond motifs is 4. The van der Waals surface area contributed by atoms with Crippen molar-refractivity contribution in [2.24, 2.45) is 0 Å². The standard InChI is InChI=1S/C56H38N2O2/c1-59-20-21-60-19-18-57-27-40-37-25-32-23-31-22-29-12-13-30-24-36-38-26-39(49-47(37)52-44(32)43(31)50-41(29)42(30)51-46(36)48(38)53(49)55(52)54(50)51)45(40)56(57)28-14-16-35(17-15-28)58(33-8-4-2-5-9-33)34-10-6-3-7-11-34/h2-17,22,24-26,40,45,56H,18-21,23,27H2,1H3. The highest BCUT2D eigenvalue weighted by Crippen LogP contribution is 2.68. The van der Waals surface area contributed by atoms with Gasteiger partial charge in [0.2, 0.25) is 0 Å². The van der Waals surface area contributed by atoms with Crippen LogP contribution >= 0.6 is 0 Å². The average molecular weight is 771 g/mol. The van der Waals surface area contributed by atoms with Gasteiger partial charge in [-0.15, -0.1) is 0 Å². The molecule has 0 saturated carbocycles. The zero-order valence-electron chi connectivity index (χ0n) is 33.2. The normalized spacial score (nSPS) is 19.1. The van der Waals surface area contributed by atoms with Gasteiger partial charge < -0.3 is 14.4 Å². The molecule has 16 rings (SSSR count). The molecule has 0 amide bonds. The van der Waals surface area contributed by atoms with Crippen LogP contribution in [0.3, 0.4) is 0 Å². The third kappa shape index (κ3) is 3.47. The Balaban J connectivity index is 0.949. The van der Waals surface area contributed by atoms with E-state index in [-0.39, 0.29) is 6.04 Å². The highest BCUT2D eigenvalue weighted by molar-refractivity contribution is 6.62. The Morgan fingerprint density at radius 2 is 1.10 bits per heavy atom. The molecule has 1 saturated heterocycles. The molecule has 1 heterocycles. The SMILES string of the molecule is COCCOCCN1CC2c3cc4c5c6c(cc7ccc8cc9c%10cc(c%11c3c5c3c%11c%10c9c5c8c7c6c53)C2C1c1ccc(N(c2ccccc2)c2ccccc2)cc1)C4. The fourth-order valence-electron chi connectivity index (χ4n) is 13.8. The Hall–Kier alpha value is -6.30. The van der Waals surface area contributed by atoms with Gasteiger partial charge in [-0.25, -0.2) is 0 Å². The van der Waals surface area contributed by atoms with Crippen molar-refractivity contribution in [2.45, 2.75) is 24.3 Å². The van der Waals surface area contributed by atoms with Crippen molar-refractivity contribution in [1.29, 1.82) is 0 Å². The van der Waals surface area contributed by atoms with Crippen LogP contribution in [0.4, 0.5) is 17.1 Å². The molecular weight excluding hydrogens is 733 g/mol. The summed E-state index contributed by atoms with van der Waals surface area (Å²) in [5.74, 6) is 0.695. The van der Waals surface area contributed by atoms with E-state index in [0.717, 1.165) is 30.9 Å². The topological polar surface area (TPSA) is 24.9 Å². The van der Waals surface area contributed by atoms with Gasteiger partial charge in [0, 0.05) is 55.1 Å². The summed E-state index contributed by atoms with van der Waals surface area (Å²) in [5.41, 5.74) is 11.1. The van der Waals surface area contributed by atoms with Crippen molar-refractivity contribution in [3.8, 4) is 0 Å². The van der Waals surface area contributed by atoms with Gasteiger partial charge in [-0.2, -0.15) is 0 Å². The van der Waals surface area contributed by atoms with E-state index in [9.17, 15) is 0 Å². The summed E-state index contributed by atoms with van der Waals surface area (Å²) in [6.45, 7) is 3.81. The van der Waals surface area contributed by atoms with Crippen molar-refractivity contribution in [3.63, 3.8) is 0 Å². The second kappa shape index (κ2) is 10.7. The van der Waals surface area contributed by atoms with Crippen LogP contribution in [-0.2, 0) is 15.9 Å². The lowest BCUT2D eigenvalue weighted by Crippen LogP contribution is -2.29. The van der Waals surface area contributed by atoms with Gasteiger partial charge in [0.05, 0.1) is 19.8 Å². The molecule has 0 aromatic heterocycles. The first-order valence-corrected chi connectivity index (χ1v) is 21.8. The first-order valence-electron chi connectivity index (χ1n) is 21.8. The zero-order chi connectivity index (χ0) is 38.7. The predicted octanol–water partition coefficient (Wildman–Crippen LogP) is 13.4. The predicted molar refractivity (Wildman–Crippen MR) is 249 cm³/mol. The maximum atomic E-state index is 6.24. The van der Waals surface area contributed by atoms with Crippen LogP contribution in [0.1, 0.15) is 45.7 Å². The quantitative estimate of drug-likeness (QED) is 0.102. The van der Waals surface area contributed by atoms with Crippen LogP contribution < -0.4 is 4.90 Å². The summed E-state index contributed by atoms with van der Waals surface area (Å²) in [6, 6.07) is 46.6. The van der Waals surface area contributed by atoms with Gasteiger partial charge in [0.15, 0.2) is 0 Å². The molecule has 0 spiro atoms. The number of benzene rings is 10. The molecule has 60 heavy (non-hydrogen) atoms. The maximum Gasteiger partial charge on any atom is 0.0700 e. The van der Waals surface area contributed by atoms with Crippen LogP contribution in [0.25, 0.3) is 97.0 Å². The fraction of sp³-hybridized carbons (Fsp3) is 0.179. The highest BCUT2D eigenvalue weighted by atomic mass is 16.5. The van der Waals surface area contributed by atoms with Crippen molar-refractivity contribution in [1.82, 2.24) is 4.90 Å². The molecule has 3 unspecified atom stereocenters. The van der Waals surface area contributed by atoms with Crippen LogP contribution in [0.5, 0.6) is 0 Å². The molecule has 4 heteroatoms. The van der Waals surface area contributed by atoms with Crippen molar-refractivity contribution in [3.05, 3.63) is 149 Å². The minimum absolute atomic E-state index is 0.203. The highest BCUT2D eigenvalue weighted by Gasteiger charge is 2.49. The lowest BCUT2D eigenvalue weighted by atomic mass is 9.70. The minimum atomic E-state index is 0.203. The first-order chi connectivity index (χ1) is 29.8. The third-order valence-electron chi connectivity index (χ3n) is 15.8. The van der Waals surface area contributed by atoms with Gasteiger partial charge in [0.25, 0.3) is 0 Å². The largest absolute Gasteiger partial charge is 0.382 e. The molecular formula is C56H38N2O2. The van der Waals surface area contributed by atoms with Crippen LogP contribution in [0.2, 0.25) is 0 Å². The van der Waals surface area contributed by atoms with Crippen molar-refractivity contribution < 1.29 is 9.47 Å². The van der Waals surface area contributed by atoms with Gasteiger partial charge in [-0.1, -0.05) is 72.8 Å². The van der Waals surface area contributed by atoms with E-state index >= 15 is 0 Å². The number of rotatable bonds is 10. The smallest absolute Gasteiger partial charge is 0.0700 e. The lowest BCUT2D eigenvalue weighted by molar-refractivity contribution is 0.0545. The van der Waals surface area contributed by atoms with Crippen LogP contribution in [-0.4, -0.2) is 44.9 Å². The minimum Gasteiger partial charge on any atom is -0.382 e. The molecule has 3 aliphatic rings. The summed E-state index contributed by atoms with van der Waals surface area (Å²) >= 11 is 0. The first kappa shape index (κ1) is 31.6. The van der Waals surface area contributed by atoms with Crippen molar-refractivity contribution >= 4 is 114 Å². The number of likely N-dealkylation sites (tertiary alicyclic amines) is 1.